The zero-order chi connectivity index (χ0) is 15.8. The van der Waals surface area contributed by atoms with Gasteiger partial charge in [0.05, 0.1) is 0 Å². The molecule has 0 fully saturated rings. The van der Waals surface area contributed by atoms with Gasteiger partial charge in [0, 0.05) is 25.6 Å². The molecule has 0 aliphatic rings. The first-order valence-corrected chi connectivity index (χ1v) is 8.69. The van der Waals surface area contributed by atoms with Gasteiger partial charge in [0.15, 0.2) is 11.1 Å². The first-order valence-electron chi connectivity index (χ1n) is 7.46. The predicted molar refractivity (Wildman–Crippen MR) is 89.7 cm³/mol. The first kappa shape index (κ1) is 17.8. The van der Waals surface area contributed by atoms with Crippen LogP contribution in [-0.2, 0) is 13.0 Å². The summed E-state index contributed by atoms with van der Waals surface area (Å²) in [5, 5.41) is 12.6. The van der Waals surface area contributed by atoms with Crippen molar-refractivity contribution in [3.63, 3.8) is 0 Å². The summed E-state index contributed by atoms with van der Waals surface area (Å²) >= 11 is 1.64. The van der Waals surface area contributed by atoms with Gasteiger partial charge in [0.2, 0.25) is 0 Å². The summed E-state index contributed by atoms with van der Waals surface area (Å²) in [5.41, 5.74) is 5.78. The molecular weight excluding hydrogens is 284 g/mol. The summed E-state index contributed by atoms with van der Waals surface area (Å²) in [6.45, 7) is 10.2. The van der Waals surface area contributed by atoms with Crippen molar-refractivity contribution in [3.8, 4) is 0 Å². The van der Waals surface area contributed by atoms with E-state index in [4.69, 9.17) is 5.73 Å². The Bertz CT molecular complexity index is 452. The average Bonchev–Trinajstić information content (AvgIpc) is 2.75. The molecule has 0 amide bonds. The summed E-state index contributed by atoms with van der Waals surface area (Å²) < 4.78 is 2.22. The van der Waals surface area contributed by atoms with Gasteiger partial charge in [-0.25, -0.2) is 0 Å². The van der Waals surface area contributed by atoms with E-state index in [2.05, 4.69) is 38.9 Å². The van der Waals surface area contributed by atoms with Gasteiger partial charge in [-0.2, -0.15) is 0 Å². The van der Waals surface area contributed by atoms with Crippen LogP contribution in [0.3, 0.4) is 0 Å². The maximum Gasteiger partial charge on any atom is 0.190 e. The van der Waals surface area contributed by atoms with Gasteiger partial charge >= 0.3 is 0 Å². The smallest absolute Gasteiger partial charge is 0.190 e. The molecule has 0 saturated carbocycles. The molecule has 0 saturated heterocycles. The number of aryl methyl sites for hydroxylation is 1. The van der Waals surface area contributed by atoms with Crippen LogP contribution in [0.1, 0.15) is 39.9 Å². The second-order valence-electron chi connectivity index (χ2n) is 5.78. The van der Waals surface area contributed by atoms with Crippen molar-refractivity contribution in [3.05, 3.63) is 5.82 Å². The van der Waals surface area contributed by atoms with Gasteiger partial charge in [-0.1, -0.05) is 25.6 Å². The summed E-state index contributed by atoms with van der Waals surface area (Å²) in [6, 6.07) is 0.312. The number of aliphatic imine (C=N–C) groups is 1. The fourth-order valence-electron chi connectivity index (χ4n) is 1.98. The molecule has 1 rings (SSSR count). The quantitative estimate of drug-likeness (QED) is 0.332. The predicted octanol–water partition coefficient (Wildman–Crippen LogP) is 1.90. The Morgan fingerprint density at radius 2 is 2.05 bits per heavy atom. The molecule has 0 aliphatic carbocycles. The molecule has 21 heavy (non-hydrogen) atoms. The molecular formula is C14H28N6S. The van der Waals surface area contributed by atoms with Crippen molar-refractivity contribution in [1.29, 1.82) is 0 Å². The van der Waals surface area contributed by atoms with Crippen molar-refractivity contribution in [2.24, 2.45) is 16.6 Å². The van der Waals surface area contributed by atoms with Crippen LogP contribution in [-0.4, -0.2) is 39.6 Å². The summed E-state index contributed by atoms with van der Waals surface area (Å²) in [6.07, 6.45) is 3.83. The number of nitrogens with one attached hydrogen (secondary N) is 1. The first-order chi connectivity index (χ1) is 9.93. The Morgan fingerprint density at radius 3 is 2.62 bits per heavy atom. The fourth-order valence-corrected chi connectivity index (χ4v) is 2.50. The topological polar surface area (TPSA) is 81.1 Å². The molecule has 120 valence electrons. The summed E-state index contributed by atoms with van der Waals surface area (Å²) in [5.74, 6) is 2.13. The van der Waals surface area contributed by atoms with E-state index in [-0.39, 0.29) is 0 Å². The largest absolute Gasteiger partial charge is 0.370 e. The third-order valence-electron chi connectivity index (χ3n) is 2.80. The minimum Gasteiger partial charge on any atom is -0.370 e. The zero-order valence-corrected chi connectivity index (χ0v) is 14.6. The van der Waals surface area contributed by atoms with E-state index >= 15 is 0 Å². The van der Waals surface area contributed by atoms with Crippen LogP contribution >= 0.6 is 11.8 Å². The van der Waals surface area contributed by atoms with Crippen molar-refractivity contribution >= 4 is 17.7 Å². The molecule has 0 spiro atoms. The van der Waals surface area contributed by atoms with Crippen LogP contribution in [0.25, 0.3) is 0 Å². The molecule has 1 aromatic heterocycles. The molecule has 3 N–H and O–H groups in total. The standard InChI is InChI=1S/C14H28N6S/c1-10(2)9-20-12(18-19-14(20)21-5)7-6-8-16-13(15)17-11(3)4/h10-11H,6-9H2,1-5H3,(H3,15,16,17). The van der Waals surface area contributed by atoms with Crippen LogP contribution in [0, 0.1) is 5.92 Å². The van der Waals surface area contributed by atoms with Gasteiger partial charge in [0.25, 0.3) is 0 Å². The number of hydrogen-bond donors (Lipinski definition) is 2. The molecule has 0 unspecified atom stereocenters. The lowest BCUT2D eigenvalue weighted by atomic mass is 10.2. The van der Waals surface area contributed by atoms with Crippen LogP contribution in [0.5, 0.6) is 0 Å². The van der Waals surface area contributed by atoms with Gasteiger partial charge in [-0.05, 0) is 32.4 Å². The Balaban J connectivity index is 2.53. The number of thioether (sulfide) groups is 1. The SMILES string of the molecule is CSc1nnc(CCCN=C(N)NC(C)C)n1CC(C)C. The van der Waals surface area contributed by atoms with Gasteiger partial charge in [-0.15, -0.1) is 10.2 Å². The van der Waals surface area contributed by atoms with Crippen molar-refractivity contribution in [2.45, 2.75) is 58.3 Å². The maximum atomic E-state index is 5.78. The van der Waals surface area contributed by atoms with E-state index < -0.39 is 0 Å². The van der Waals surface area contributed by atoms with Crippen LogP contribution in [0.4, 0.5) is 0 Å². The molecule has 0 aromatic carbocycles. The number of hydrogen-bond acceptors (Lipinski definition) is 4. The van der Waals surface area contributed by atoms with E-state index in [0.29, 0.717) is 24.5 Å². The summed E-state index contributed by atoms with van der Waals surface area (Å²) in [4.78, 5) is 4.32. The lowest BCUT2D eigenvalue weighted by molar-refractivity contribution is 0.477. The highest BCUT2D eigenvalue weighted by Crippen LogP contribution is 2.16. The second kappa shape index (κ2) is 8.92. The van der Waals surface area contributed by atoms with Crippen LogP contribution in [0.2, 0.25) is 0 Å². The normalized spacial score (nSPS) is 12.4. The monoisotopic (exact) mass is 312 g/mol. The third-order valence-corrected chi connectivity index (χ3v) is 3.47. The molecule has 0 radical (unpaired) electrons. The van der Waals surface area contributed by atoms with E-state index in [1.54, 1.807) is 11.8 Å². The molecule has 0 aliphatic heterocycles. The molecule has 6 nitrogen and oxygen atoms in total. The fraction of sp³-hybridized carbons (Fsp3) is 0.786. The highest BCUT2D eigenvalue weighted by Gasteiger charge is 2.12. The number of rotatable bonds is 8. The lowest BCUT2D eigenvalue weighted by Gasteiger charge is -2.11. The Hall–Kier alpha value is -1.24. The van der Waals surface area contributed by atoms with E-state index in [1.807, 2.05) is 20.1 Å². The highest BCUT2D eigenvalue weighted by atomic mass is 32.2. The van der Waals surface area contributed by atoms with Gasteiger partial charge in [-0.3, -0.25) is 4.99 Å². The van der Waals surface area contributed by atoms with Crippen molar-refractivity contribution in [1.82, 2.24) is 20.1 Å². The minimum absolute atomic E-state index is 0.312. The molecule has 1 heterocycles. The van der Waals surface area contributed by atoms with E-state index in [0.717, 1.165) is 30.4 Å². The van der Waals surface area contributed by atoms with Gasteiger partial charge < -0.3 is 15.6 Å². The van der Waals surface area contributed by atoms with Crippen LogP contribution in [0.15, 0.2) is 10.1 Å². The average molecular weight is 312 g/mol. The molecule has 1 aromatic rings. The number of aromatic nitrogens is 3. The Kier molecular flexibility index (Phi) is 7.56. The Morgan fingerprint density at radius 1 is 1.33 bits per heavy atom. The minimum atomic E-state index is 0.312. The maximum absolute atomic E-state index is 5.78. The van der Waals surface area contributed by atoms with Crippen LogP contribution < -0.4 is 11.1 Å². The second-order valence-corrected chi connectivity index (χ2v) is 6.55. The third kappa shape index (κ3) is 6.37. The highest BCUT2D eigenvalue weighted by molar-refractivity contribution is 7.98. The summed E-state index contributed by atoms with van der Waals surface area (Å²) in [7, 11) is 0. The van der Waals surface area contributed by atoms with Crippen molar-refractivity contribution in [2.75, 3.05) is 12.8 Å². The van der Waals surface area contributed by atoms with E-state index in [1.165, 1.54) is 0 Å². The molecule has 0 bridgehead atoms. The molecule has 0 atom stereocenters. The number of nitrogens with zero attached hydrogens (tertiary/aromatic N) is 4. The van der Waals surface area contributed by atoms with E-state index in [9.17, 15) is 0 Å². The number of guanidine groups is 1. The number of nitrogens with two attached hydrogens (primary N) is 1. The van der Waals surface area contributed by atoms with Gasteiger partial charge in [0.1, 0.15) is 5.82 Å². The Labute approximate surface area is 132 Å². The lowest BCUT2D eigenvalue weighted by Crippen LogP contribution is -2.36. The zero-order valence-electron chi connectivity index (χ0n) is 13.8. The molecule has 7 heteroatoms. The van der Waals surface area contributed by atoms with Crippen molar-refractivity contribution < 1.29 is 0 Å².